The standard InChI is InChI=1S/C18H27N3/c1-6-7-18-17(12-21(5)20-18)16-9-8-15(10-14(16)4)11-19-13(2)3/h8-10,12-13,19H,6-7,11H2,1-5H3. The Balaban J connectivity index is 2.28. The van der Waals surface area contributed by atoms with Crippen molar-refractivity contribution in [1.29, 1.82) is 0 Å². The molecule has 3 heteroatoms. The summed E-state index contributed by atoms with van der Waals surface area (Å²) in [6.07, 6.45) is 4.30. The number of nitrogens with one attached hydrogen (secondary N) is 1. The second-order valence-corrected chi connectivity index (χ2v) is 6.10. The fraction of sp³-hybridized carbons (Fsp3) is 0.500. The van der Waals surface area contributed by atoms with Gasteiger partial charge in [0, 0.05) is 31.4 Å². The molecular weight excluding hydrogens is 258 g/mol. The van der Waals surface area contributed by atoms with Gasteiger partial charge in [-0.05, 0) is 30.0 Å². The van der Waals surface area contributed by atoms with Crippen molar-refractivity contribution in [3.63, 3.8) is 0 Å². The number of hydrogen-bond donors (Lipinski definition) is 1. The van der Waals surface area contributed by atoms with Crippen LogP contribution in [0.1, 0.15) is 44.0 Å². The van der Waals surface area contributed by atoms with E-state index in [2.05, 4.69) is 62.5 Å². The maximum Gasteiger partial charge on any atom is 0.0702 e. The fourth-order valence-electron chi connectivity index (χ4n) is 2.64. The van der Waals surface area contributed by atoms with Gasteiger partial charge in [-0.3, -0.25) is 4.68 Å². The van der Waals surface area contributed by atoms with Gasteiger partial charge in [0.05, 0.1) is 5.69 Å². The van der Waals surface area contributed by atoms with Gasteiger partial charge in [-0.1, -0.05) is 45.4 Å². The van der Waals surface area contributed by atoms with Crippen LogP contribution in [0.5, 0.6) is 0 Å². The van der Waals surface area contributed by atoms with Crippen molar-refractivity contribution in [1.82, 2.24) is 15.1 Å². The molecule has 0 saturated carbocycles. The van der Waals surface area contributed by atoms with Gasteiger partial charge in [-0.2, -0.15) is 5.10 Å². The molecule has 0 saturated heterocycles. The number of aromatic nitrogens is 2. The monoisotopic (exact) mass is 285 g/mol. The summed E-state index contributed by atoms with van der Waals surface area (Å²) in [6.45, 7) is 9.67. The van der Waals surface area contributed by atoms with E-state index in [0.717, 1.165) is 19.4 Å². The van der Waals surface area contributed by atoms with Gasteiger partial charge in [-0.15, -0.1) is 0 Å². The summed E-state index contributed by atoms with van der Waals surface area (Å²) >= 11 is 0. The van der Waals surface area contributed by atoms with E-state index in [-0.39, 0.29) is 0 Å². The molecule has 0 aliphatic heterocycles. The molecule has 1 N–H and O–H groups in total. The molecule has 1 heterocycles. The lowest BCUT2D eigenvalue weighted by Crippen LogP contribution is -2.21. The number of nitrogens with zero attached hydrogens (tertiary/aromatic N) is 2. The van der Waals surface area contributed by atoms with E-state index in [0.29, 0.717) is 6.04 Å². The van der Waals surface area contributed by atoms with Crippen LogP contribution in [0.3, 0.4) is 0 Å². The van der Waals surface area contributed by atoms with Gasteiger partial charge in [0.15, 0.2) is 0 Å². The maximum atomic E-state index is 4.60. The molecule has 1 aromatic carbocycles. The van der Waals surface area contributed by atoms with Crippen LogP contribution in [0.4, 0.5) is 0 Å². The third-order valence-corrected chi connectivity index (χ3v) is 3.69. The van der Waals surface area contributed by atoms with Crippen LogP contribution >= 0.6 is 0 Å². The molecule has 21 heavy (non-hydrogen) atoms. The predicted molar refractivity (Wildman–Crippen MR) is 89.4 cm³/mol. The van der Waals surface area contributed by atoms with E-state index in [9.17, 15) is 0 Å². The van der Waals surface area contributed by atoms with Crippen LogP contribution in [0, 0.1) is 6.92 Å². The highest BCUT2D eigenvalue weighted by Crippen LogP contribution is 2.27. The molecule has 0 spiro atoms. The summed E-state index contributed by atoms with van der Waals surface area (Å²) < 4.78 is 1.92. The lowest BCUT2D eigenvalue weighted by molar-refractivity contribution is 0.589. The number of rotatable bonds is 6. The summed E-state index contributed by atoms with van der Waals surface area (Å²) in [5, 5.41) is 8.07. The molecular formula is C18H27N3. The Morgan fingerprint density at radius 2 is 2.00 bits per heavy atom. The number of hydrogen-bond acceptors (Lipinski definition) is 2. The molecule has 0 aliphatic carbocycles. The van der Waals surface area contributed by atoms with E-state index < -0.39 is 0 Å². The van der Waals surface area contributed by atoms with Crippen LogP contribution in [0.2, 0.25) is 0 Å². The van der Waals surface area contributed by atoms with Crippen molar-refractivity contribution >= 4 is 0 Å². The Bertz CT molecular complexity index is 597. The van der Waals surface area contributed by atoms with Gasteiger partial charge in [0.1, 0.15) is 0 Å². The molecule has 2 rings (SSSR count). The molecule has 0 fully saturated rings. The topological polar surface area (TPSA) is 29.9 Å². The second kappa shape index (κ2) is 6.90. The van der Waals surface area contributed by atoms with E-state index in [4.69, 9.17) is 0 Å². The molecule has 0 unspecified atom stereocenters. The summed E-state index contributed by atoms with van der Waals surface area (Å²) in [4.78, 5) is 0. The van der Waals surface area contributed by atoms with Gasteiger partial charge in [0.2, 0.25) is 0 Å². The average molecular weight is 285 g/mol. The van der Waals surface area contributed by atoms with Crippen molar-refractivity contribution < 1.29 is 0 Å². The van der Waals surface area contributed by atoms with Gasteiger partial charge in [-0.25, -0.2) is 0 Å². The Morgan fingerprint density at radius 1 is 1.24 bits per heavy atom. The first-order valence-electron chi connectivity index (χ1n) is 7.87. The highest BCUT2D eigenvalue weighted by Gasteiger charge is 2.11. The molecule has 2 aromatic rings. The summed E-state index contributed by atoms with van der Waals surface area (Å²) in [5.74, 6) is 0. The van der Waals surface area contributed by atoms with Crippen molar-refractivity contribution in [2.75, 3.05) is 0 Å². The first-order valence-corrected chi connectivity index (χ1v) is 7.87. The Kier molecular flexibility index (Phi) is 5.18. The van der Waals surface area contributed by atoms with Crippen molar-refractivity contribution in [3.05, 3.63) is 41.2 Å². The average Bonchev–Trinajstić information content (AvgIpc) is 2.78. The molecule has 0 aliphatic rings. The Labute approximate surface area is 128 Å². The largest absolute Gasteiger partial charge is 0.310 e. The lowest BCUT2D eigenvalue weighted by atomic mass is 9.97. The van der Waals surface area contributed by atoms with E-state index in [1.165, 1.54) is 27.9 Å². The third kappa shape index (κ3) is 3.94. The van der Waals surface area contributed by atoms with Crippen molar-refractivity contribution in [2.45, 2.75) is 53.1 Å². The zero-order chi connectivity index (χ0) is 15.4. The summed E-state index contributed by atoms with van der Waals surface area (Å²) in [6, 6.07) is 7.26. The summed E-state index contributed by atoms with van der Waals surface area (Å²) in [7, 11) is 2.00. The van der Waals surface area contributed by atoms with Crippen molar-refractivity contribution in [2.24, 2.45) is 7.05 Å². The molecule has 0 atom stereocenters. The van der Waals surface area contributed by atoms with Crippen LogP contribution in [0.25, 0.3) is 11.1 Å². The van der Waals surface area contributed by atoms with Gasteiger partial charge < -0.3 is 5.32 Å². The first-order chi connectivity index (χ1) is 10.0. The van der Waals surface area contributed by atoms with E-state index >= 15 is 0 Å². The maximum absolute atomic E-state index is 4.60. The predicted octanol–water partition coefficient (Wildman–Crippen LogP) is 3.85. The van der Waals surface area contributed by atoms with E-state index in [1.54, 1.807) is 0 Å². The SMILES string of the molecule is CCCc1nn(C)cc1-c1ccc(CNC(C)C)cc1C. The van der Waals surface area contributed by atoms with Crippen LogP contribution in [0.15, 0.2) is 24.4 Å². The normalized spacial score (nSPS) is 11.3. The molecule has 114 valence electrons. The highest BCUT2D eigenvalue weighted by atomic mass is 15.2. The Hall–Kier alpha value is -1.61. The zero-order valence-electron chi connectivity index (χ0n) is 13.9. The summed E-state index contributed by atoms with van der Waals surface area (Å²) in [5.41, 5.74) is 6.45. The lowest BCUT2D eigenvalue weighted by Gasteiger charge is -2.11. The fourth-order valence-corrected chi connectivity index (χ4v) is 2.64. The van der Waals surface area contributed by atoms with Crippen molar-refractivity contribution in [3.8, 4) is 11.1 Å². The van der Waals surface area contributed by atoms with Crippen LogP contribution < -0.4 is 5.32 Å². The quantitative estimate of drug-likeness (QED) is 0.873. The smallest absolute Gasteiger partial charge is 0.0702 e. The molecule has 1 aromatic heterocycles. The van der Waals surface area contributed by atoms with E-state index in [1.807, 2.05) is 11.7 Å². The third-order valence-electron chi connectivity index (χ3n) is 3.69. The number of aryl methyl sites for hydroxylation is 3. The van der Waals surface area contributed by atoms with Gasteiger partial charge in [0.25, 0.3) is 0 Å². The number of benzene rings is 1. The zero-order valence-corrected chi connectivity index (χ0v) is 13.9. The Morgan fingerprint density at radius 3 is 2.62 bits per heavy atom. The minimum atomic E-state index is 0.513. The first kappa shape index (κ1) is 15.8. The van der Waals surface area contributed by atoms with Crippen LogP contribution in [-0.4, -0.2) is 15.8 Å². The minimum Gasteiger partial charge on any atom is -0.310 e. The second-order valence-electron chi connectivity index (χ2n) is 6.10. The van der Waals surface area contributed by atoms with Crippen LogP contribution in [-0.2, 0) is 20.0 Å². The highest BCUT2D eigenvalue weighted by molar-refractivity contribution is 5.69. The minimum absolute atomic E-state index is 0.513. The molecule has 3 nitrogen and oxygen atoms in total. The molecule has 0 amide bonds. The molecule has 0 radical (unpaired) electrons. The van der Waals surface area contributed by atoms with Gasteiger partial charge >= 0.3 is 0 Å². The molecule has 0 bridgehead atoms.